The van der Waals surface area contributed by atoms with Gasteiger partial charge in [0.15, 0.2) is 23.3 Å². The predicted molar refractivity (Wildman–Crippen MR) is 139 cm³/mol. The lowest BCUT2D eigenvalue weighted by molar-refractivity contribution is 0.0787. The molecule has 0 aliphatic carbocycles. The van der Waals surface area contributed by atoms with Gasteiger partial charge in [0, 0.05) is 26.3 Å². The van der Waals surface area contributed by atoms with E-state index in [0.29, 0.717) is 42.2 Å². The molecular weight excluding hydrogens is 490 g/mol. The van der Waals surface area contributed by atoms with Gasteiger partial charge in [-0.15, -0.1) is 0 Å². The SMILES string of the molecule is COc1ccc(C2COc3cc(Cn4cnc5cc(N6CC(OC)C6)cnc54)cc(OC)c3O2)c(OC)n1. The highest BCUT2D eigenvalue weighted by Crippen LogP contribution is 2.45. The van der Waals surface area contributed by atoms with Gasteiger partial charge in [-0.25, -0.2) is 9.97 Å². The van der Waals surface area contributed by atoms with Crippen LogP contribution in [0.25, 0.3) is 11.2 Å². The van der Waals surface area contributed by atoms with Gasteiger partial charge in [-0.3, -0.25) is 0 Å². The van der Waals surface area contributed by atoms with Gasteiger partial charge in [-0.1, -0.05) is 0 Å². The number of pyridine rings is 2. The van der Waals surface area contributed by atoms with E-state index in [1.165, 1.54) is 0 Å². The molecule has 1 saturated heterocycles. The first kappa shape index (κ1) is 24.1. The maximum absolute atomic E-state index is 6.33. The number of rotatable bonds is 8. The van der Waals surface area contributed by atoms with Crippen LogP contribution in [0.15, 0.2) is 42.9 Å². The van der Waals surface area contributed by atoms with E-state index < -0.39 is 6.10 Å². The minimum absolute atomic E-state index is 0.277. The van der Waals surface area contributed by atoms with Crippen LogP contribution in [-0.4, -0.2) is 73.8 Å². The Balaban J connectivity index is 1.23. The molecule has 5 heterocycles. The molecule has 6 rings (SSSR count). The van der Waals surface area contributed by atoms with Crippen LogP contribution in [0.4, 0.5) is 5.69 Å². The topological polar surface area (TPSA) is 102 Å². The van der Waals surface area contributed by atoms with Crippen LogP contribution in [0.5, 0.6) is 29.0 Å². The third-order valence-corrected chi connectivity index (χ3v) is 6.90. The number of hydrogen-bond donors (Lipinski definition) is 0. The van der Waals surface area contributed by atoms with Gasteiger partial charge in [0.2, 0.25) is 17.5 Å². The fraction of sp³-hybridized carbons (Fsp3) is 0.370. The van der Waals surface area contributed by atoms with Crippen LogP contribution in [-0.2, 0) is 11.3 Å². The van der Waals surface area contributed by atoms with Crippen molar-refractivity contribution in [2.45, 2.75) is 18.8 Å². The first-order valence-electron chi connectivity index (χ1n) is 12.3. The molecule has 4 aromatic rings. The molecule has 38 heavy (non-hydrogen) atoms. The summed E-state index contributed by atoms with van der Waals surface area (Å²) >= 11 is 0. The summed E-state index contributed by atoms with van der Waals surface area (Å²) in [6, 6.07) is 9.61. The largest absolute Gasteiger partial charge is 0.493 e. The van der Waals surface area contributed by atoms with E-state index in [9.17, 15) is 0 Å². The van der Waals surface area contributed by atoms with Crippen molar-refractivity contribution in [1.29, 1.82) is 0 Å². The Morgan fingerprint density at radius 3 is 2.63 bits per heavy atom. The molecule has 198 valence electrons. The van der Waals surface area contributed by atoms with Crippen molar-refractivity contribution < 1.29 is 28.4 Å². The highest BCUT2D eigenvalue weighted by atomic mass is 16.6. The Morgan fingerprint density at radius 2 is 1.87 bits per heavy atom. The molecule has 0 N–H and O–H groups in total. The van der Waals surface area contributed by atoms with E-state index in [2.05, 4.69) is 20.9 Å². The summed E-state index contributed by atoms with van der Waals surface area (Å²) in [6.45, 7) is 2.57. The number of methoxy groups -OCH3 is 4. The van der Waals surface area contributed by atoms with E-state index in [1.54, 1.807) is 40.8 Å². The number of fused-ring (bicyclic) bond motifs is 2. The second-order valence-electron chi connectivity index (χ2n) is 9.17. The monoisotopic (exact) mass is 519 g/mol. The van der Waals surface area contributed by atoms with Crippen molar-refractivity contribution >= 4 is 16.9 Å². The fourth-order valence-electron chi connectivity index (χ4n) is 4.77. The van der Waals surface area contributed by atoms with Crippen LogP contribution in [0.1, 0.15) is 17.2 Å². The van der Waals surface area contributed by atoms with Gasteiger partial charge < -0.3 is 37.9 Å². The van der Waals surface area contributed by atoms with Crippen molar-refractivity contribution in [3.63, 3.8) is 0 Å². The zero-order valence-corrected chi connectivity index (χ0v) is 21.7. The Morgan fingerprint density at radius 1 is 1.00 bits per heavy atom. The van der Waals surface area contributed by atoms with E-state index >= 15 is 0 Å². The summed E-state index contributed by atoms with van der Waals surface area (Å²) < 4.78 is 36.2. The molecule has 11 nitrogen and oxygen atoms in total. The number of imidazole rings is 1. The van der Waals surface area contributed by atoms with Gasteiger partial charge in [0.25, 0.3) is 0 Å². The Hall–Kier alpha value is -4.25. The summed E-state index contributed by atoms with van der Waals surface area (Å²) in [6.07, 6.45) is 3.55. The molecule has 0 spiro atoms. The molecule has 0 radical (unpaired) electrons. The molecule has 11 heteroatoms. The van der Waals surface area contributed by atoms with Crippen LogP contribution >= 0.6 is 0 Å². The van der Waals surface area contributed by atoms with Crippen LogP contribution in [0.2, 0.25) is 0 Å². The van der Waals surface area contributed by atoms with Gasteiger partial charge in [-0.05, 0) is 29.8 Å². The molecule has 0 saturated carbocycles. The molecule has 2 aliphatic rings. The summed E-state index contributed by atoms with van der Waals surface area (Å²) in [7, 11) is 6.48. The molecule has 0 bridgehead atoms. The normalized spacial score (nSPS) is 16.8. The lowest BCUT2D eigenvalue weighted by Gasteiger charge is -2.39. The van der Waals surface area contributed by atoms with Crippen molar-refractivity contribution in [3.05, 3.63) is 54.0 Å². The number of aromatic nitrogens is 4. The molecule has 1 atom stereocenters. The zero-order valence-electron chi connectivity index (χ0n) is 21.7. The van der Waals surface area contributed by atoms with Crippen molar-refractivity contribution in [2.75, 3.05) is 53.0 Å². The van der Waals surface area contributed by atoms with E-state index in [-0.39, 0.29) is 6.10 Å². The molecule has 1 fully saturated rings. The average molecular weight is 520 g/mol. The minimum Gasteiger partial charge on any atom is -0.493 e. The smallest absolute Gasteiger partial charge is 0.223 e. The molecule has 1 unspecified atom stereocenters. The molecule has 2 aliphatic heterocycles. The molecule has 3 aromatic heterocycles. The lowest BCUT2D eigenvalue weighted by Crippen LogP contribution is -2.51. The highest BCUT2D eigenvalue weighted by molar-refractivity contribution is 5.75. The van der Waals surface area contributed by atoms with Gasteiger partial charge in [0.05, 0.1) is 57.8 Å². The van der Waals surface area contributed by atoms with Crippen LogP contribution in [0.3, 0.4) is 0 Å². The summed E-state index contributed by atoms with van der Waals surface area (Å²) in [5.74, 6) is 2.61. The Kier molecular flexibility index (Phi) is 6.28. The summed E-state index contributed by atoms with van der Waals surface area (Å²) in [4.78, 5) is 15.9. The van der Waals surface area contributed by atoms with E-state index in [0.717, 1.165) is 41.1 Å². The minimum atomic E-state index is -0.419. The quantitative estimate of drug-likeness (QED) is 0.345. The Labute approximate surface area is 219 Å². The maximum Gasteiger partial charge on any atom is 0.223 e. The van der Waals surface area contributed by atoms with Crippen molar-refractivity contribution in [2.24, 2.45) is 0 Å². The molecular formula is C27H29N5O6. The first-order valence-corrected chi connectivity index (χ1v) is 12.3. The zero-order chi connectivity index (χ0) is 26.2. The van der Waals surface area contributed by atoms with Gasteiger partial charge >= 0.3 is 0 Å². The standard InChI is InChI=1S/C27H29N5O6/c1-33-18-12-31(13-18)17-9-20-26(28-10-17)32(15-29-20)11-16-7-21(34-2)25-22(8-16)37-14-23(38-25)19-5-6-24(35-3)30-27(19)36-4/h5-10,15,18,23H,11-14H2,1-4H3. The summed E-state index contributed by atoms with van der Waals surface area (Å²) in [5.41, 5.74) is 4.44. The average Bonchev–Trinajstić information content (AvgIpc) is 3.33. The maximum atomic E-state index is 6.33. The number of anilines is 1. The molecule has 0 amide bonds. The van der Waals surface area contributed by atoms with Crippen molar-refractivity contribution in [1.82, 2.24) is 19.5 Å². The van der Waals surface area contributed by atoms with Gasteiger partial charge in [-0.2, -0.15) is 4.98 Å². The number of hydrogen-bond acceptors (Lipinski definition) is 10. The molecule has 1 aromatic carbocycles. The number of benzene rings is 1. The Bertz CT molecular complexity index is 1450. The third-order valence-electron chi connectivity index (χ3n) is 6.90. The highest BCUT2D eigenvalue weighted by Gasteiger charge is 2.30. The predicted octanol–water partition coefficient (Wildman–Crippen LogP) is 3.25. The number of nitrogens with zero attached hydrogens (tertiary/aromatic N) is 5. The van der Waals surface area contributed by atoms with Gasteiger partial charge in [0.1, 0.15) is 12.1 Å². The van der Waals surface area contributed by atoms with E-state index in [1.807, 2.05) is 29.0 Å². The van der Waals surface area contributed by atoms with Crippen LogP contribution < -0.4 is 28.6 Å². The third kappa shape index (κ3) is 4.28. The fourth-order valence-corrected chi connectivity index (χ4v) is 4.77. The first-order chi connectivity index (χ1) is 18.6. The second-order valence-corrected chi connectivity index (χ2v) is 9.17. The lowest BCUT2D eigenvalue weighted by atomic mass is 10.1. The van der Waals surface area contributed by atoms with E-state index in [4.69, 9.17) is 33.4 Å². The van der Waals surface area contributed by atoms with Crippen molar-refractivity contribution in [3.8, 4) is 29.0 Å². The number of ether oxygens (including phenoxy) is 6. The van der Waals surface area contributed by atoms with Crippen LogP contribution in [0, 0.1) is 0 Å². The second kappa shape index (κ2) is 9.90. The summed E-state index contributed by atoms with van der Waals surface area (Å²) in [5, 5.41) is 0.